The molecule has 3 aromatic carbocycles. The van der Waals surface area contributed by atoms with Crippen LogP contribution in [0.5, 0.6) is 5.75 Å². The number of nitrogens with zero attached hydrogens (tertiary/aromatic N) is 1. The highest BCUT2D eigenvalue weighted by molar-refractivity contribution is 5.80. The molecule has 1 N–H and O–H groups in total. The van der Waals surface area contributed by atoms with E-state index in [-0.39, 0.29) is 18.1 Å². The predicted molar refractivity (Wildman–Crippen MR) is 139 cm³/mol. The van der Waals surface area contributed by atoms with Gasteiger partial charge in [0.1, 0.15) is 12.3 Å². The number of carbonyl (C=O) groups is 1. The van der Waals surface area contributed by atoms with Crippen molar-refractivity contribution in [2.75, 3.05) is 26.7 Å². The fourth-order valence-electron chi connectivity index (χ4n) is 6.51. The highest BCUT2D eigenvalue weighted by Crippen LogP contribution is 2.45. The first kappa shape index (κ1) is 23.6. The summed E-state index contributed by atoms with van der Waals surface area (Å²) in [7, 11) is 2.38. The Bertz CT molecular complexity index is 1160. The molecule has 1 aliphatic heterocycles. The van der Waals surface area contributed by atoms with Crippen LogP contribution in [-0.2, 0) is 22.5 Å². The zero-order valence-electron chi connectivity index (χ0n) is 20.8. The molecular weight excluding hydrogens is 434 g/mol. The van der Waals surface area contributed by atoms with Crippen LogP contribution in [0.2, 0.25) is 0 Å². The molecule has 2 aliphatic rings. The van der Waals surface area contributed by atoms with Gasteiger partial charge in [-0.25, -0.2) is 0 Å². The van der Waals surface area contributed by atoms with E-state index in [2.05, 4.69) is 37.4 Å². The maximum Gasteiger partial charge on any atom is 0.310 e. The molecule has 0 amide bonds. The van der Waals surface area contributed by atoms with Crippen molar-refractivity contribution >= 4 is 5.97 Å². The van der Waals surface area contributed by atoms with E-state index < -0.39 is 0 Å². The van der Waals surface area contributed by atoms with Crippen molar-refractivity contribution in [2.45, 2.75) is 32.7 Å². The second-order valence-electron chi connectivity index (χ2n) is 10.9. The number of rotatable bonds is 7. The summed E-state index contributed by atoms with van der Waals surface area (Å²) >= 11 is 0. The minimum absolute atomic E-state index is 0.168. The van der Waals surface area contributed by atoms with E-state index in [1.807, 2.05) is 37.3 Å². The summed E-state index contributed by atoms with van der Waals surface area (Å²) in [5.74, 6) is 1.66. The molecule has 1 heterocycles. The first-order chi connectivity index (χ1) is 16.9. The van der Waals surface area contributed by atoms with Crippen LogP contribution in [0.4, 0.5) is 0 Å². The van der Waals surface area contributed by atoms with Crippen molar-refractivity contribution in [3.8, 4) is 16.9 Å². The minimum atomic E-state index is -0.213. The number of carbonyl (C=O) groups excluding carboxylic acids is 1. The van der Waals surface area contributed by atoms with Crippen LogP contribution in [0.15, 0.2) is 72.8 Å². The van der Waals surface area contributed by atoms with Gasteiger partial charge >= 0.3 is 5.97 Å². The van der Waals surface area contributed by atoms with Crippen molar-refractivity contribution in [1.29, 1.82) is 0 Å². The summed E-state index contributed by atoms with van der Waals surface area (Å²) in [6.45, 7) is 5.92. The molecule has 2 fully saturated rings. The maximum atomic E-state index is 12.9. The fourth-order valence-corrected chi connectivity index (χ4v) is 6.51. The second-order valence-corrected chi connectivity index (χ2v) is 10.9. The molecule has 0 aromatic heterocycles. The van der Waals surface area contributed by atoms with Crippen LogP contribution in [0.1, 0.15) is 29.5 Å². The first-order valence-corrected chi connectivity index (χ1v) is 12.8. The van der Waals surface area contributed by atoms with Crippen molar-refractivity contribution in [3.63, 3.8) is 0 Å². The van der Waals surface area contributed by atoms with Gasteiger partial charge in [-0.3, -0.25) is 4.79 Å². The molecule has 4 heteroatoms. The molecule has 4 nitrogen and oxygen atoms in total. The Balaban J connectivity index is 1.21. The number of aryl methyl sites for hydroxylation is 1. The fraction of sp³-hybridized carbons (Fsp3) is 0.387. The Morgan fingerprint density at radius 2 is 1.63 bits per heavy atom. The third-order valence-corrected chi connectivity index (χ3v) is 8.12. The van der Waals surface area contributed by atoms with Crippen LogP contribution in [0.3, 0.4) is 0 Å². The average Bonchev–Trinajstić information content (AvgIpc) is 3.09. The Morgan fingerprint density at radius 3 is 2.31 bits per heavy atom. The van der Waals surface area contributed by atoms with E-state index in [1.54, 1.807) is 12.1 Å². The molecule has 5 rings (SSSR count). The lowest BCUT2D eigenvalue weighted by molar-refractivity contribution is -0.933. The van der Waals surface area contributed by atoms with Crippen molar-refractivity contribution in [3.05, 3.63) is 89.5 Å². The lowest BCUT2D eigenvalue weighted by Gasteiger charge is -2.44. The summed E-state index contributed by atoms with van der Waals surface area (Å²) < 4.78 is 6.95. The summed E-state index contributed by atoms with van der Waals surface area (Å²) in [6, 6.07) is 24.2. The Labute approximate surface area is 208 Å². The molecule has 35 heavy (non-hydrogen) atoms. The lowest BCUT2D eigenvalue weighted by Crippen LogP contribution is -2.54. The Morgan fingerprint density at radius 1 is 0.943 bits per heavy atom. The molecular formula is C31H36NO3+. The van der Waals surface area contributed by atoms with Gasteiger partial charge < -0.3 is 14.3 Å². The lowest BCUT2D eigenvalue weighted by atomic mass is 9.84. The van der Waals surface area contributed by atoms with Crippen LogP contribution < -0.4 is 0 Å². The number of phenolic OH excluding ortho intramolecular Hbond substituents is 1. The second kappa shape index (κ2) is 9.87. The van der Waals surface area contributed by atoms with Crippen LogP contribution in [0, 0.1) is 24.7 Å². The molecule has 0 radical (unpaired) electrons. The van der Waals surface area contributed by atoms with E-state index in [1.165, 1.54) is 18.4 Å². The predicted octanol–water partition coefficient (Wildman–Crippen LogP) is 5.76. The van der Waals surface area contributed by atoms with Gasteiger partial charge in [0.25, 0.3) is 0 Å². The molecule has 182 valence electrons. The molecule has 2 unspecified atom stereocenters. The first-order valence-electron chi connectivity index (χ1n) is 12.8. The highest BCUT2D eigenvalue weighted by atomic mass is 16.5. The molecule has 2 atom stereocenters. The number of esters is 1. The van der Waals surface area contributed by atoms with Gasteiger partial charge in [-0.05, 0) is 37.0 Å². The summed E-state index contributed by atoms with van der Waals surface area (Å²) in [6.07, 6.45) is 2.64. The number of hydrogen-bond donors (Lipinski definition) is 1. The quantitative estimate of drug-likeness (QED) is 0.353. The summed E-state index contributed by atoms with van der Waals surface area (Å²) in [5, 5.41) is 10.5. The van der Waals surface area contributed by atoms with Crippen LogP contribution in [0.25, 0.3) is 11.1 Å². The normalized spacial score (nSPS) is 25.4. The zero-order chi connectivity index (χ0) is 24.4. The summed E-state index contributed by atoms with van der Waals surface area (Å²) in [4.78, 5) is 12.9. The van der Waals surface area contributed by atoms with Gasteiger partial charge in [-0.15, -0.1) is 0 Å². The number of piperidine rings is 1. The van der Waals surface area contributed by atoms with E-state index >= 15 is 0 Å². The minimum Gasteiger partial charge on any atom is -0.507 e. The van der Waals surface area contributed by atoms with E-state index in [0.29, 0.717) is 24.4 Å². The number of ether oxygens (including phenoxy) is 1. The van der Waals surface area contributed by atoms with E-state index in [0.717, 1.165) is 46.4 Å². The number of quaternary nitrogens is 1. The molecule has 3 aromatic rings. The number of benzene rings is 3. The van der Waals surface area contributed by atoms with Crippen molar-refractivity contribution < 1.29 is 19.1 Å². The number of likely N-dealkylation sites (tertiary alicyclic amines) is 1. The number of phenols is 1. The van der Waals surface area contributed by atoms with Crippen LogP contribution >= 0.6 is 0 Å². The average molecular weight is 471 g/mol. The third-order valence-electron chi connectivity index (χ3n) is 8.12. The standard InChI is InChI=1S/C31H35NO3/c1-22-11-13-24(14-12-22)31-25(9-6-10-29(31)33)17-30(34)35-21-28-26-15-16-27(28)20-32(2,19-26)18-23-7-4-3-5-8-23/h3-14,26-28H,15-21H2,1-2H3/p+1. The van der Waals surface area contributed by atoms with Gasteiger partial charge in [0, 0.05) is 28.9 Å². The molecule has 2 bridgehead atoms. The Kier molecular flexibility index (Phi) is 6.66. The SMILES string of the molecule is Cc1ccc(-c2c(O)cccc2CC(=O)OCC2C3CCC2C[N+](C)(Cc2ccccc2)C3)cc1. The van der Waals surface area contributed by atoms with E-state index in [4.69, 9.17) is 4.74 Å². The van der Waals surface area contributed by atoms with Gasteiger partial charge in [0.2, 0.25) is 0 Å². The monoisotopic (exact) mass is 470 g/mol. The van der Waals surface area contributed by atoms with Gasteiger partial charge in [0.15, 0.2) is 0 Å². The Hall–Kier alpha value is -3.11. The third kappa shape index (κ3) is 5.28. The number of aromatic hydroxyl groups is 1. The van der Waals surface area contributed by atoms with Crippen LogP contribution in [-0.4, -0.2) is 42.3 Å². The molecule has 1 saturated carbocycles. The molecule has 1 aliphatic carbocycles. The topological polar surface area (TPSA) is 46.5 Å². The highest BCUT2D eigenvalue weighted by Gasteiger charge is 2.48. The largest absolute Gasteiger partial charge is 0.507 e. The number of fused-ring (bicyclic) bond motifs is 2. The van der Waals surface area contributed by atoms with E-state index in [9.17, 15) is 9.90 Å². The van der Waals surface area contributed by atoms with Gasteiger partial charge in [0.05, 0.1) is 33.2 Å². The van der Waals surface area contributed by atoms with Gasteiger partial charge in [-0.2, -0.15) is 0 Å². The summed E-state index contributed by atoms with van der Waals surface area (Å²) in [5.41, 5.74) is 4.99. The zero-order valence-corrected chi connectivity index (χ0v) is 20.8. The molecule has 0 spiro atoms. The molecule has 1 saturated heterocycles. The smallest absolute Gasteiger partial charge is 0.310 e. The van der Waals surface area contributed by atoms with Crippen molar-refractivity contribution in [2.24, 2.45) is 17.8 Å². The maximum absolute atomic E-state index is 12.9. The van der Waals surface area contributed by atoms with Gasteiger partial charge in [-0.1, -0.05) is 72.3 Å². The van der Waals surface area contributed by atoms with Crippen molar-refractivity contribution in [1.82, 2.24) is 0 Å². The number of hydrogen-bond acceptors (Lipinski definition) is 3.